The van der Waals surface area contributed by atoms with Crippen LogP contribution in [0.2, 0.25) is 0 Å². The second-order valence-corrected chi connectivity index (χ2v) is 6.90. The Morgan fingerprint density at radius 2 is 1.76 bits per heavy atom. The maximum Gasteiger partial charge on any atom is 0.255 e. The van der Waals surface area contributed by atoms with Crippen molar-refractivity contribution < 1.29 is 4.79 Å². The molecule has 0 aliphatic heterocycles. The van der Waals surface area contributed by atoms with Gasteiger partial charge in [0.25, 0.3) is 5.91 Å². The Bertz CT molecular complexity index is 1330. The van der Waals surface area contributed by atoms with Crippen LogP contribution in [-0.4, -0.2) is 25.0 Å². The SMILES string of the molecule is Cn1c(-n2cnc3cccnc32)c(C(=O)NCc2ccccc2)c2ccccc21. The van der Waals surface area contributed by atoms with Gasteiger partial charge in [0.1, 0.15) is 17.7 Å². The summed E-state index contributed by atoms with van der Waals surface area (Å²) < 4.78 is 3.90. The van der Waals surface area contributed by atoms with E-state index in [1.54, 1.807) is 12.5 Å². The van der Waals surface area contributed by atoms with Crippen LogP contribution in [0.3, 0.4) is 0 Å². The Hall–Kier alpha value is -3.93. The molecule has 0 aliphatic rings. The number of benzene rings is 2. The summed E-state index contributed by atoms with van der Waals surface area (Å²) in [6.45, 7) is 0.464. The second kappa shape index (κ2) is 6.91. The number of carbonyl (C=O) groups is 1. The quantitative estimate of drug-likeness (QED) is 0.514. The monoisotopic (exact) mass is 381 g/mol. The Morgan fingerprint density at radius 1 is 0.966 bits per heavy atom. The van der Waals surface area contributed by atoms with Crippen molar-refractivity contribution in [2.75, 3.05) is 0 Å². The van der Waals surface area contributed by atoms with Crippen LogP contribution in [0, 0.1) is 0 Å². The number of aryl methyl sites for hydroxylation is 1. The zero-order valence-corrected chi connectivity index (χ0v) is 15.9. The number of nitrogens with one attached hydrogen (secondary N) is 1. The summed E-state index contributed by atoms with van der Waals surface area (Å²) in [4.78, 5) is 22.3. The first-order chi connectivity index (χ1) is 14.2. The fraction of sp³-hybridized carbons (Fsp3) is 0.0870. The number of amides is 1. The summed E-state index contributed by atoms with van der Waals surface area (Å²) in [6.07, 6.45) is 3.46. The van der Waals surface area contributed by atoms with Gasteiger partial charge in [-0.1, -0.05) is 48.5 Å². The van der Waals surface area contributed by atoms with E-state index >= 15 is 0 Å². The van der Waals surface area contributed by atoms with E-state index in [2.05, 4.69) is 15.3 Å². The number of hydrogen-bond acceptors (Lipinski definition) is 3. The molecule has 1 amide bonds. The minimum Gasteiger partial charge on any atom is -0.348 e. The Kier molecular flexibility index (Phi) is 4.09. The van der Waals surface area contributed by atoms with Gasteiger partial charge >= 0.3 is 0 Å². The summed E-state index contributed by atoms with van der Waals surface area (Å²) in [5.74, 6) is 0.622. The maximum atomic E-state index is 13.3. The van der Waals surface area contributed by atoms with Gasteiger partial charge < -0.3 is 9.88 Å². The van der Waals surface area contributed by atoms with Crippen LogP contribution < -0.4 is 5.32 Å². The van der Waals surface area contributed by atoms with Gasteiger partial charge in [0.05, 0.1) is 11.1 Å². The Labute approximate surface area is 167 Å². The molecule has 2 aromatic carbocycles. The molecule has 0 saturated carbocycles. The molecule has 1 N–H and O–H groups in total. The van der Waals surface area contributed by atoms with Crippen LogP contribution in [0.15, 0.2) is 79.3 Å². The van der Waals surface area contributed by atoms with E-state index in [1.807, 2.05) is 82.9 Å². The molecule has 0 bridgehead atoms. The van der Waals surface area contributed by atoms with Gasteiger partial charge in [0, 0.05) is 25.2 Å². The number of para-hydroxylation sites is 1. The molecule has 0 spiro atoms. The first-order valence-electron chi connectivity index (χ1n) is 9.42. The average Bonchev–Trinajstić information content (AvgIpc) is 3.32. The molecule has 5 aromatic rings. The third-order valence-electron chi connectivity index (χ3n) is 5.13. The van der Waals surface area contributed by atoms with E-state index < -0.39 is 0 Å². The maximum absolute atomic E-state index is 13.3. The van der Waals surface area contributed by atoms with Gasteiger partial charge in [0.2, 0.25) is 0 Å². The molecular weight excluding hydrogens is 362 g/mol. The molecule has 29 heavy (non-hydrogen) atoms. The van der Waals surface area contributed by atoms with Crippen LogP contribution in [0.4, 0.5) is 0 Å². The highest BCUT2D eigenvalue weighted by atomic mass is 16.1. The van der Waals surface area contributed by atoms with Crippen molar-refractivity contribution in [3.05, 3.63) is 90.4 Å². The van der Waals surface area contributed by atoms with Crippen LogP contribution in [-0.2, 0) is 13.6 Å². The highest BCUT2D eigenvalue weighted by Crippen LogP contribution is 2.30. The minimum atomic E-state index is -0.126. The predicted molar refractivity (Wildman–Crippen MR) is 113 cm³/mol. The molecular formula is C23H19N5O. The van der Waals surface area contributed by atoms with E-state index in [0.29, 0.717) is 12.1 Å². The number of nitrogens with zero attached hydrogens (tertiary/aromatic N) is 4. The van der Waals surface area contributed by atoms with Crippen molar-refractivity contribution in [2.45, 2.75) is 6.54 Å². The largest absolute Gasteiger partial charge is 0.348 e. The number of fused-ring (bicyclic) bond motifs is 2. The van der Waals surface area contributed by atoms with Crippen LogP contribution in [0.1, 0.15) is 15.9 Å². The van der Waals surface area contributed by atoms with Crippen molar-refractivity contribution in [1.82, 2.24) is 24.4 Å². The Morgan fingerprint density at radius 3 is 2.62 bits per heavy atom. The molecule has 5 rings (SSSR count). The van der Waals surface area contributed by atoms with Crippen molar-refractivity contribution >= 4 is 28.0 Å². The van der Waals surface area contributed by atoms with E-state index in [4.69, 9.17) is 0 Å². The summed E-state index contributed by atoms with van der Waals surface area (Å²) in [5.41, 5.74) is 4.15. The molecule has 0 fully saturated rings. The van der Waals surface area contributed by atoms with Gasteiger partial charge in [-0.2, -0.15) is 0 Å². The molecule has 6 nitrogen and oxygen atoms in total. The lowest BCUT2D eigenvalue weighted by Gasteiger charge is -2.10. The molecule has 0 saturated heterocycles. The number of rotatable bonds is 4. The summed E-state index contributed by atoms with van der Waals surface area (Å²) in [7, 11) is 1.96. The molecule has 142 valence electrons. The van der Waals surface area contributed by atoms with E-state index in [-0.39, 0.29) is 5.91 Å². The first-order valence-corrected chi connectivity index (χ1v) is 9.42. The van der Waals surface area contributed by atoms with E-state index in [0.717, 1.165) is 33.4 Å². The topological polar surface area (TPSA) is 64.7 Å². The van der Waals surface area contributed by atoms with Gasteiger partial charge in [-0.05, 0) is 23.8 Å². The van der Waals surface area contributed by atoms with Crippen molar-refractivity contribution in [3.63, 3.8) is 0 Å². The lowest BCUT2D eigenvalue weighted by molar-refractivity contribution is 0.0952. The fourth-order valence-electron chi connectivity index (χ4n) is 3.76. The third kappa shape index (κ3) is 2.86. The highest BCUT2D eigenvalue weighted by Gasteiger charge is 2.23. The molecule has 0 aliphatic carbocycles. The number of aromatic nitrogens is 4. The van der Waals surface area contributed by atoms with Crippen molar-refractivity contribution in [1.29, 1.82) is 0 Å². The first kappa shape index (κ1) is 17.2. The minimum absolute atomic E-state index is 0.126. The van der Waals surface area contributed by atoms with Gasteiger partial charge in [0.15, 0.2) is 5.65 Å². The zero-order chi connectivity index (χ0) is 19.8. The highest BCUT2D eigenvalue weighted by molar-refractivity contribution is 6.10. The fourth-order valence-corrected chi connectivity index (χ4v) is 3.76. The summed E-state index contributed by atoms with van der Waals surface area (Å²) >= 11 is 0. The van der Waals surface area contributed by atoms with E-state index in [1.165, 1.54) is 0 Å². The standard InChI is InChI=1S/C23H19N5O/c1-27-19-12-6-5-10-17(19)20(22(29)25-14-16-8-3-2-4-9-16)23(27)28-15-26-18-11-7-13-24-21(18)28/h2-13,15H,14H2,1H3,(H,25,29). The Balaban J connectivity index is 1.66. The lowest BCUT2D eigenvalue weighted by atomic mass is 10.1. The normalized spacial score (nSPS) is 11.2. The van der Waals surface area contributed by atoms with Crippen LogP contribution in [0.5, 0.6) is 0 Å². The van der Waals surface area contributed by atoms with Crippen molar-refractivity contribution in [2.24, 2.45) is 7.05 Å². The molecule has 6 heteroatoms. The number of pyridine rings is 1. The predicted octanol–water partition coefficient (Wildman–Crippen LogP) is 3.84. The van der Waals surface area contributed by atoms with Crippen LogP contribution >= 0.6 is 0 Å². The average molecular weight is 381 g/mol. The summed E-state index contributed by atoms with van der Waals surface area (Å²) in [5, 5.41) is 3.96. The smallest absolute Gasteiger partial charge is 0.255 e. The van der Waals surface area contributed by atoms with Gasteiger partial charge in [-0.3, -0.25) is 9.36 Å². The second-order valence-electron chi connectivity index (χ2n) is 6.90. The van der Waals surface area contributed by atoms with Gasteiger partial charge in [-0.25, -0.2) is 9.97 Å². The van der Waals surface area contributed by atoms with Gasteiger partial charge in [-0.15, -0.1) is 0 Å². The van der Waals surface area contributed by atoms with E-state index in [9.17, 15) is 4.79 Å². The van der Waals surface area contributed by atoms with Crippen LogP contribution in [0.25, 0.3) is 27.9 Å². The molecule has 0 radical (unpaired) electrons. The summed E-state index contributed by atoms with van der Waals surface area (Å²) in [6, 6.07) is 21.6. The lowest BCUT2D eigenvalue weighted by Crippen LogP contribution is -2.24. The number of imidazole rings is 1. The molecule has 3 aromatic heterocycles. The zero-order valence-electron chi connectivity index (χ0n) is 15.9. The number of carbonyl (C=O) groups excluding carboxylic acids is 1. The third-order valence-corrected chi connectivity index (χ3v) is 5.13. The number of hydrogen-bond donors (Lipinski definition) is 1. The molecule has 3 heterocycles. The molecule has 0 atom stereocenters. The molecule has 0 unspecified atom stereocenters. The van der Waals surface area contributed by atoms with Crippen molar-refractivity contribution in [3.8, 4) is 5.82 Å².